The minimum Gasteiger partial charge on any atom is -0.501 e. The summed E-state index contributed by atoms with van der Waals surface area (Å²) in [6.45, 7) is 5.93. The molecule has 0 spiro atoms. The average Bonchev–Trinajstić information content (AvgIpc) is 2.66. The monoisotopic (exact) mass is 235 g/mol. The summed E-state index contributed by atoms with van der Waals surface area (Å²) in [6, 6.07) is 2.37. The van der Waals surface area contributed by atoms with Crippen molar-refractivity contribution in [1.29, 1.82) is 0 Å². The maximum atomic E-state index is 5.45. The van der Waals surface area contributed by atoms with Gasteiger partial charge in [-0.25, -0.2) is 0 Å². The molecule has 0 aliphatic carbocycles. The van der Waals surface area contributed by atoms with E-state index in [1.165, 1.54) is 11.3 Å². The van der Waals surface area contributed by atoms with Crippen molar-refractivity contribution in [2.75, 3.05) is 13.2 Å². The molecule has 1 aliphatic heterocycles. The molecule has 0 saturated heterocycles. The van der Waals surface area contributed by atoms with E-state index in [2.05, 4.69) is 23.4 Å². The maximum absolute atomic E-state index is 5.45. The molecule has 1 unspecified atom stereocenters. The summed E-state index contributed by atoms with van der Waals surface area (Å²) < 4.78 is 7.40. The Morgan fingerprint density at radius 3 is 2.94 bits per heavy atom. The molecular formula is C13H21N3O. The first kappa shape index (κ1) is 12.2. The Bertz CT molecular complexity index is 409. The smallest absolute Gasteiger partial charge is 0.0876 e. The number of aromatic nitrogens is 2. The first-order valence-electron chi connectivity index (χ1n) is 6.27. The van der Waals surface area contributed by atoms with Gasteiger partial charge in [0.15, 0.2) is 0 Å². The van der Waals surface area contributed by atoms with Gasteiger partial charge in [0.25, 0.3) is 0 Å². The Morgan fingerprint density at radius 2 is 2.41 bits per heavy atom. The fourth-order valence-corrected chi connectivity index (χ4v) is 2.33. The van der Waals surface area contributed by atoms with Crippen LogP contribution >= 0.6 is 0 Å². The van der Waals surface area contributed by atoms with Crippen LogP contribution in [0.5, 0.6) is 0 Å². The molecule has 94 valence electrons. The van der Waals surface area contributed by atoms with E-state index >= 15 is 0 Å². The summed E-state index contributed by atoms with van der Waals surface area (Å²) in [6.07, 6.45) is 4.12. The Labute approximate surface area is 103 Å². The molecule has 1 aliphatic rings. The summed E-state index contributed by atoms with van der Waals surface area (Å²) in [4.78, 5) is 0. The first-order chi connectivity index (χ1) is 8.22. The fourth-order valence-electron chi connectivity index (χ4n) is 2.33. The van der Waals surface area contributed by atoms with Crippen LogP contribution in [-0.4, -0.2) is 22.9 Å². The zero-order valence-electron chi connectivity index (χ0n) is 10.9. The largest absolute Gasteiger partial charge is 0.501 e. The third-order valence-corrected chi connectivity index (χ3v) is 3.08. The van der Waals surface area contributed by atoms with Gasteiger partial charge in [-0.15, -0.1) is 0 Å². The zero-order chi connectivity index (χ0) is 12.3. The fraction of sp³-hybridized carbons (Fsp3) is 0.615. The van der Waals surface area contributed by atoms with Crippen molar-refractivity contribution in [3.05, 3.63) is 29.3 Å². The van der Waals surface area contributed by atoms with E-state index in [0.717, 1.165) is 31.7 Å². The molecule has 0 bridgehead atoms. The number of hydrogen-bond donors (Lipinski definition) is 1. The Kier molecular flexibility index (Phi) is 3.84. The molecule has 1 atom stereocenters. The number of rotatable bonds is 4. The SMILES string of the molecule is CCNC(C1=COCCC1)c1cc(C)nn1C. The number of hydrogen-bond acceptors (Lipinski definition) is 3. The number of aryl methyl sites for hydroxylation is 2. The van der Waals surface area contributed by atoms with E-state index < -0.39 is 0 Å². The minimum atomic E-state index is 0.228. The van der Waals surface area contributed by atoms with Crippen molar-refractivity contribution in [2.45, 2.75) is 32.7 Å². The molecule has 4 nitrogen and oxygen atoms in total. The van der Waals surface area contributed by atoms with Crippen LogP contribution in [0.25, 0.3) is 0 Å². The lowest BCUT2D eigenvalue weighted by molar-refractivity contribution is 0.219. The van der Waals surface area contributed by atoms with Crippen molar-refractivity contribution < 1.29 is 4.74 Å². The van der Waals surface area contributed by atoms with E-state index in [1.807, 2.05) is 24.9 Å². The zero-order valence-corrected chi connectivity index (χ0v) is 10.9. The van der Waals surface area contributed by atoms with Crippen LogP contribution in [-0.2, 0) is 11.8 Å². The van der Waals surface area contributed by atoms with Crippen molar-refractivity contribution in [2.24, 2.45) is 7.05 Å². The van der Waals surface area contributed by atoms with Gasteiger partial charge in [-0.3, -0.25) is 4.68 Å². The van der Waals surface area contributed by atoms with Gasteiger partial charge in [0.2, 0.25) is 0 Å². The number of likely N-dealkylation sites (N-methyl/N-ethyl adjacent to an activating group) is 1. The van der Waals surface area contributed by atoms with Gasteiger partial charge in [-0.2, -0.15) is 5.10 Å². The van der Waals surface area contributed by atoms with Gasteiger partial charge in [0.05, 0.1) is 30.3 Å². The molecule has 0 aromatic carbocycles. The minimum absolute atomic E-state index is 0.228. The van der Waals surface area contributed by atoms with Gasteiger partial charge in [-0.05, 0) is 37.9 Å². The van der Waals surface area contributed by atoms with Gasteiger partial charge >= 0.3 is 0 Å². The highest BCUT2D eigenvalue weighted by Crippen LogP contribution is 2.27. The second-order valence-corrected chi connectivity index (χ2v) is 4.49. The van der Waals surface area contributed by atoms with E-state index in [-0.39, 0.29) is 6.04 Å². The van der Waals surface area contributed by atoms with E-state index in [1.54, 1.807) is 0 Å². The molecule has 1 aromatic rings. The average molecular weight is 235 g/mol. The summed E-state index contributed by atoms with van der Waals surface area (Å²) >= 11 is 0. The van der Waals surface area contributed by atoms with Crippen LogP contribution < -0.4 is 5.32 Å². The van der Waals surface area contributed by atoms with E-state index in [0.29, 0.717) is 0 Å². The molecule has 0 fully saturated rings. The molecule has 1 aromatic heterocycles. The van der Waals surface area contributed by atoms with Crippen molar-refractivity contribution in [3.8, 4) is 0 Å². The molecule has 0 saturated carbocycles. The third-order valence-electron chi connectivity index (χ3n) is 3.08. The summed E-state index contributed by atoms with van der Waals surface area (Å²) in [5.74, 6) is 0. The van der Waals surface area contributed by atoms with Gasteiger partial charge in [0, 0.05) is 7.05 Å². The lowest BCUT2D eigenvalue weighted by atomic mass is 9.99. The maximum Gasteiger partial charge on any atom is 0.0876 e. The van der Waals surface area contributed by atoms with Gasteiger partial charge < -0.3 is 10.1 Å². The Hall–Kier alpha value is -1.29. The lowest BCUT2D eigenvalue weighted by Gasteiger charge is -2.24. The molecule has 2 heterocycles. The van der Waals surface area contributed by atoms with Crippen molar-refractivity contribution in [1.82, 2.24) is 15.1 Å². The van der Waals surface area contributed by atoms with Crippen LogP contribution in [0.2, 0.25) is 0 Å². The second kappa shape index (κ2) is 5.36. The van der Waals surface area contributed by atoms with Crippen LogP contribution in [0.4, 0.5) is 0 Å². The molecule has 1 N–H and O–H groups in total. The summed E-state index contributed by atoms with van der Waals surface area (Å²) in [5, 5.41) is 7.93. The Balaban J connectivity index is 2.27. The quantitative estimate of drug-likeness (QED) is 0.868. The topological polar surface area (TPSA) is 39.1 Å². The van der Waals surface area contributed by atoms with Crippen LogP contribution in [0, 0.1) is 6.92 Å². The van der Waals surface area contributed by atoms with Crippen LogP contribution in [0.3, 0.4) is 0 Å². The molecule has 17 heavy (non-hydrogen) atoms. The number of ether oxygens (including phenoxy) is 1. The molecule has 0 amide bonds. The van der Waals surface area contributed by atoms with Crippen LogP contribution in [0.15, 0.2) is 17.9 Å². The molecular weight excluding hydrogens is 214 g/mol. The highest BCUT2D eigenvalue weighted by Gasteiger charge is 2.21. The lowest BCUT2D eigenvalue weighted by Crippen LogP contribution is -2.26. The van der Waals surface area contributed by atoms with Crippen molar-refractivity contribution in [3.63, 3.8) is 0 Å². The number of nitrogens with zero attached hydrogens (tertiary/aromatic N) is 2. The van der Waals surface area contributed by atoms with Gasteiger partial charge in [0.1, 0.15) is 0 Å². The highest BCUT2D eigenvalue weighted by atomic mass is 16.5. The van der Waals surface area contributed by atoms with Crippen molar-refractivity contribution >= 4 is 0 Å². The summed E-state index contributed by atoms with van der Waals surface area (Å²) in [5.41, 5.74) is 3.59. The third kappa shape index (κ3) is 2.69. The van der Waals surface area contributed by atoms with E-state index in [4.69, 9.17) is 4.74 Å². The molecule has 4 heteroatoms. The second-order valence-electron chi connectivity index (χ2n) is 4.49. The standard InChI is InChI=1S/C13H21N3O/c1-4-14-13(11-6-5-7-17-9-11)12-8-10(2)15-16(12)3/h8-9,13-14H,4-7H2,1-3H3. The van der Waals surface area contributed by atoms with Gasteiger partial charge in [-0.1, -0.05) is 6.92 Å². The predicted octanol–water partition coefficient (Wildman–Crippen LogP) is 2.07. The summed E-state index contributed by atoms with van der Waals surface area (Å²) in [7, 11) is 2.00. The Morgan fingerprint density at radius 1 is 1.59 bits per heavy atom. The first-order valence-corrected chi connectivity index (χ1v) is 6.27. The number of nitrogens with one attached hydrogen (secondary N) is 1. The van der Waals surface area contributed by atoms with E-state index in [9.17, 15) is 0 Å². The van der Waals surface area contributed by atoms with Crippen LogP contribution in [0.1, 0.15) is 37.2 Å². The highest BCUT2D eigenvalue weighted by molar-refractivity contribution is 5.24. The molecule has 2 rings (SSSR count). The predicted molar refractivity (Wildman–Crippen MR) is 67.6 cm³/mol. The normalized spacial score (nSPS) is 17.5. The molecule has 0 radical (unpaired) electrons.